The molecule has 0 aromatic heterocycles. The van der Waals surface area contributed by atoms with Gasteiger partial charge in [0.25, 0.3) is 0 Å². The van der Waals surface area contributed by atoms with Crippen LogP contribution in [0.25, 0.3) is 0 Å². The Balaban J connectivity index is 0.000001000. The summed E-state index contributed by atoms with van der Waals surface area (Å²) in [6, 6.07) is 4.75. The topological polar surface area (TPSA) is 40.5 Å². The predicted molar refractivity (Wildman–Crippen MR) is 49.5 cm³/mol. The Hall–Kier alpha value is -0.700. The number of aromatic hydroxyl groups is 2. The zero-order chi connectivity index (χ0) is 7.56. The lowest BCUT2D eigenvalue weighted by Gasteiger charge is -2.01. The van der Waals surface area contributed by atoms with Crippen molar-refractivity contribution in [3.05, 3.63) is 23.8 Å². The van der Waals surface area contributed by atoms with E-state index in [9.17, 15) is 0 Å². The molecule has 0 unspecified atom stereocenters. The molecular weight excluding hydrogens is 208 g/mol. The average molecular weight is 219 g/mol. The van der Waals surface area contributed by atoms with Gasteiger partial charge in [-0.15, -0.1) is 17.0 Å². The molecule has 62 valence electrons. The normalized spacial score (nSPS) is 8.82. The van der Waals surface area contributed by atoms with E-state index < -0.39 is 0 Å². The molecule has 11 heavy (non-hydrogen) atoms. The summed E-state index contributed by atoms with van der Waals surface area (Å²) in [7, 11) is 0. The highest BCUT2D eigenvalue weighted by molar-refractivity contribution is 8.93. The Morgan fingerprint density at radius 2 is 1.64 bits per heavy atom. The largest absolute Gasteiger partial charge is 0.508 e. The summed E-state index contributed by atoms with van der Waals surface area (Å²) >= 11 is 0. The van der Waals surface area contributed by atoms with Gasteiger partial charge in [0, 0.05) is 5.56 Å². The number of halogens is 1. The smallest absolute Gasteiger partial charge is 0.122 e. The molecule has 0 fully saturated rings. The van der Waals surface area contributed by atoms with Crippen LogP contribution < -0.4 is 0 Å². The van der Waals surface area contributed by atoms with Gasteiger partial charge in [0.2, 0.25) is 0 Å². The lowest BCUT2D eigenvalue weighted by atomic mass is 10.1. The average Bonchev–Trinajstić information content (AvgIpc) is 1.88. The molecule has 3 heteroatoms. The lowest BCUT2D eigenvalue weighted by Crippen LogP contribution is -1.81. The van der Waals surface area contributed by atoms with Gasteiger partial charge in [-0.3, -0.25) is 0 Å². The summed E-state index contributed by atoms with van der Waals surface area (Å²) in [5, 5.41) is 18.3. The fourth-order valence-electron chi connectivity index (χ4n) is 0.925. The van der Waals surface area contributed by atoms with E-state index in [1.165, 1.54) is 0 Å². The Morgan fingerprint density at radius 3 is 1.91 bits per heavy atom. The molecule has 0 bridgehead atoms. The molecule has 0 saturated heterocycles. The third-order valence-corrected chi connectivity index (χ3v) is 1.48. The maximum absolute atomic E-state index is 9.13. The van der Waals surface area contributed by atoms with Crippen LogP contribution in [0.15, 0.2) is 18.2 Å². The minimum atomic E-state index is 0. The maximum atomic E-state index is 9.13. The third-order valence-electron chi connectivity index (χ3n) is 1.48. The van der Waals surface area contributed by atoms with Crippen molar-refractivity contribution in [2.45, 2.75) is 13.3 Å². The van der Waals surface area contributed by atoms with Crippen LogP contribution in [-0.2, 0) is 6.42 Å². The minimum absolute atomic E-state index is 0. The first kappa shape index (κ1) is 10.3. The Morgan fingerprint density at radius 1 is 1.18 bits per heavy atom. The predicted octanol–water partition coefficient (Wildman–Crippen LogP) is 2.24. The first-order valence-corrected chi connectivity index (χ1v) is 3.25. The number of benzene rings is 1. The Labute approximate surface area is 76.3 Å². The van der Waals surface area contributed by atoms with Gasteiger partial charge in [-0.2, -0.15) is 0 Å². The molecule has 0 atom stereocenters. The van der Waals surface area contributed by atoms with E-state index in [0.717, 1.165) is 0 Å². The van der Waals surface area contributed by atoms with Crippen molar-refractivity contribution >= 4 is 17.0 Å². The van der Waals surface area contributed by atoms with Crippen molar-refractivity contribution in [2.24, 2.45) is 0 Å². The van der Waals surface area contributed by atoms with E-state index in [1.54, 1.807) is 18.2 Å². The molecule has 0 spiro atoms. The SMILES string of the molecule is Br.CCc1c(O)cccc1O. The highest BCUT2D eigenvalue weighted by atomic mass is 79.9. The van der Waals surface area contributed by atoms with E-state index in [-0.39, 0.29) is 28.5 Å². The second kappa shape index (κ2) is 4.23. The summed E-state index contributed by atoms with van der Waals surface area (Å²) in [4.78, 5) is 0. The molecular formula is C8H11BrO2. The fourth-order valence-corrected chi connectivity index (χ4v) is 0.925. The number of hydrogen-bond acceptors (Lipinski definition) is 2. The van der Waals surface area contributed by atoms with Crippen molar-refractivity contribution in [3.8, 4) is 11.5 Å². The molecule has 0 aliphatic carbocycles. The Bertz CT molecular complexity index is 215. The van der Waals surface area contributed by atoms with Crippen LogP contribution in [0.3, 0.4) is 0 Å². The van der Waals surface area contributed by atoms with E-state index in [4.69, 9.17) is 10.2 Å². The number of hydrogen-bond donors (Lipinski definition) is 2. The molecule has 0 radical (unpaired) electrons. The summed E-state index contributed by atoms with van der Waals surface area (Å²) in [6.07, 6.45) is 0.651. The first-order chi connectivity index (χ1) is 4.75. The Kier molecular flexibility index (Phi) is 3.97. The van der Waals surface area contributed by atoms with Crippen molar-refractivity contribution < 1.29 is 10.2 Å². The van der Waals surface area contributed by atoms with Gasteiger partial charge in [0.05, 0.1) is 0 Å². The van der Waals surface area contributed by atoms with Crippen LogP contribution in [0.4, 0.5) is 0 Å². The highest BCUT2D eigenvalue weighted by Crippen LogP contribution is 2.25. The molecule has 0 amide bonds. The van der Waals surface area contributed by atoms with Gasteiger partial charge in [0.1, 0.15) is 11.5 Å². The fraction of sp³-hybridized carbons (Fsp3) is 0.250. The number of phenolic OH excluding ortho intramolecular Hbond substituents is 2. The third kappa shape index (κ3) is 2.12. The number of rotatable bonds is 1. The second-order valence-electron chi connectivity index (χ2n) is 2.13. The van der Waals surface area contributed by atoms with Crippen molar-refractivity contribution in [1.29, 1.82) is 0 Å². The first-order valence-electron chi connectivity index (χ1n) is 3.25. The van der Waals surface area contributed by atoms with Crippen LogP contribution in [0.5, 0.6) is 11.5 Å². The molecule has 1 aromatic rings. The summed E-state index contributed by atoms with van der Waals surface area (Å²) in [6.45, 7) is 1.88. The zero-order valence-electron chi connectivity index (χ0n) is 6.24. The molecule has 0 aliphatic rings. The molecule has 2 N–H and O–H groups in total. The number of phenols is 2. The molecule has 0 saturated carbocycles. The van der Waals surface area contributed by atoms with E-state index in [1.807, 2.05) is 6.92 Å². The molecule has 0 heterocycles. The zero-order valence-corrected chi connectivity index (χ0v) is 7.95. The molecule has 2 nitrogen and oxygen atoms in total. The minimum Gasteiger partial charge on any atom is -0.508 e. The van der Waals surface area contributed by atoms with E-state index >= 15 is 0 Å². The lowest BCUT2D eigenvalue weighted by molar-refractivity contribution is 0.439. The van der Waals surface area contributed by atoms with Crippen LogP contribution >= 0.6 is 17.0 Å². The van der Waals surface area contributed by atoms with Gasteiger partial charge in [-0.05, 0) is 18.6 Å². The van der Waals surface area contributed by atoms with E-state index in [2.05, 4.69) is 0 Å². The van der Waals surface area contributed by atoms with Crippen molar-refractivity contribution in [2.75, 3.05) is 0 Å². The van der Waals surface area contributed by atoms with Crippen LogP contribution in [0, 0.1) is 0 Å². The summed E-state index contributed by atoms with van der Waals surface area (Å²) < 4.78 is 0. The van der Waals surface area contributed by atoms with Gasteiger partial charge in [-0.1, -0.05) is 13.0 Å². The summed E-state index contributed by atoms with van der Waals surface area (Å²) in [5.74, 6) is 0.338. The molecule has 1 aromatic carbocycles. The molecule has 1 rings (SSSR count). The van der Waals surface area contributed by atoms with Crippen molar-refractivity contribution in [1.82, 2.24) is 0 Å². The van der Waals surface area contributed by atoms with Gasteiger partial charge >= 0.3 is 0 Å². The van der Waals surface area contributed by atoms with E-state index in [0.29, 0.717) is 12.0 Å². The van der Waals surface area contributed by atoms with Gasteiger partial charge in [0.15, 0.2) is 0 Å². The van der Waals surface area contributed by atoms with Crippen LogP contribution in [0.2, 0.25) is 0 Å². The standard InChI is InChI=1S/C8H10O2.BrH/c1-2-6-7(9)4-3-5-8(6)10;/h3-5,9-10H,2H2,1H3;1H. The molecule has 0 aliphatic heterocycles. The second-order valence-corrected chi connectivity index (χ2v) is 2.13. The summed E-state index contributed by atoms with van der Waals surface area (Å²) in [5.41, 5.74) is 0.613. The van der Waals surface area contributed by atoms with Crippen LogP contribution in [0.1, 0.15) is 12.5 Å². The quantitative estimate of drug-likeness (QED) is 0.760. The van der Waals surface area contributed by atoms with Gasteiger partial charge in [-0.25, -0.2) is 0 Å². The van der Waals surface area contributed by atoms with Gasteiger partial charge < -0.3 is 10.2 Å². The van der Waals surface area contributed by atoms with Crippen molar-refractivity contribution in [3.63, 3.8) is 0 Å². The monoisotopic (exact) mass is 218 g/mol. The van der Waals surface area contributed by atoms with Crippen LogP contribution in [-0.4, -0.2) is 10.2 Å². The highest BCUT2D eigenvalue weighted by Gasteiger charge is 2.01. The maximum Gasteiger partial charge on any atom is 0.122 e.